The van der Waals surface area contributed by atoms with Crippen LogP contribution < -0.4 is 0 Å². The molecule has 1 atom stereocenters. The molecule has 126 valence electrons. The normalized spacial score (nSPS) is 25.7. The van der Waals surface area contributed by atoms with E-state index in [1.165, 1.54) is 6.07 Å². The summed E-state index contributed by atoms with van der Waals surface area (Å²) in [6.07, 6.45) is 0.605. The number of hydrogen-bond donors (Lipinski definition) is 1. The van der Waals surface area contributed by atoms with Crippen LogP contribution in [-0.4, -0.2) is 72.4 Å². The third kappa shape index (κ3) is 4.07. The van der Waals surface area contributed by atoms with Crippen molar-refractivity contribution in [2.24, 2.45) is 0 Å². The highest BCUT2D eigenvalue weighted by Gasteiger charge is 2.39. The minimum Gasteiger partial charge on any atom is -0.387 e. The third-order valence-corrected chi connectivity index (χ3v) is 4.61. The molecule has 1 aromatic rings. The van der Waals surface area contributed by atoms with Crippen molar-refractivity contribution in [3.8, 4) is 0 Å². The number of hydrogen-bond acceptors (Lipinski definition) is 4. The number of nitrogens with zero attached hydrogens (tertiary/aromatic N) is 2. The average Bonchev–Trinajstić information content (AvgIpc) is 2.93. The molecule has 1 aromatic carbocycles. The highest BCUT2D eigenvalue weighted by molar-refractivity contribution is 5.79. The predicted molar refractivity (Wildman–Crippen MR) is 83.5 cm³/mol. The Kier molecular flexibility index (Phi) is 4.94. The number of morpholine rings is 1. The lowest BCUT2D eigenvalue weighted by molar-refractivity contribution is -0.130. The van der Waals surface area contributed by atoms with Gasteiger partial charge in [0.2, 0.25) is 5.91 Å². The molecule has 1 unspecified atom stereocenters. The first-order valence-corrected chi connectivity index (χ1v) is 8.09. The molecule has 2 aliphatic heterocycles. The standard InChI is InChI=1S/C17H23FN2O3/c18-15-4-2-1-3-14(15)11-16(21)20-6-5-17(22,13-20)12-19-7-9-23-10-8-19/h1-4,22H,5-13H2. The quantitative estimate of drug-likeness (QED) is 0.885. The number of ether oxygens (including phenoxy) is 1. The van der Waals surface area contributed by atoms with Crippen LogP contribution in [0.2, 0.25) is 0 Å². The van der Waals surface area contributed by atoms with Crippen molar-refractivity contribution < 1.29 is 19.0 Å². The van der Waals surface area contributed by atoms with Gasteiger partial charge in [0, 0.05) is 26.2 Å². The number of amides is 1. The summed E-state index contributed by atoms with van der Waals surface area (Å²) in [5.41, 5.74) is -0.469. The zero-order chi connectivity index (χ0) is 16.3. The Morgan fingerprint density at radius 1 is 1.26 bits per heavy atom. The van der Waals surface area contributed by atoms with E-state index in [4.69, 9.17) is 4.74 Å². The molecule has 2 heterocycles. The molecule has 0 aliphatic carbocycles. The maximum absolute atomic E-state index is 13.7. The van der Waals surface area contributed by atoms with Crippen molar-refractivity contribution in [2.75, 3.05) is 45.9 Å². The first-order valence-electron chi connectivity index (χ1n) is 8.09. The number of likely N-dealkylation sites (tertiary alicyclic amines) is 1. The molecule has 23 heavy (non-hydrogen) atoms. The van der Waals surface area contributed by atoms with E-state index in [2.05, 4.69) is 4.90 Å². The fourth-order valence-electron chi connectivity index (χ4n) is 3.29. The fraction of sp³-hybridized carbons (Fsp3) is 0.588. The van der Waals surface area contributed by atoms with Crippen LogP contribution in [0.1, 0.15) is 12.0 Å². The molecule has 0 saturated carbocycles. The molecule has 2 saturated heterocycles. The van der Waals surface area contributed by atoms with Crippen LogP contribution in [-0.2, 0) is 16.0 Å². The monoisotopic (exact) mass is 322 g/mol. The van der Waals surface area contributed by atoms with Crippen LogP contribution in [0.15, 0.2) is 24.3 Å². The molecular formula is C17H23FN2O3. The maximum Gasteiger partial charge on any atom is 0.227 e. The van der Waals surface area contributed by atoms with Crippen molar-refractivity contribution in [1.29, 1.82) is 0 Å². The van der Waals surface area contributed by atoms with E-state index >= 15 is 0 Å². The Balaban J connectivity index is 1.56. The largest absolute Gasteiger partial charge is 0.387 e. The Bertz CT molecular complexity index is 563. The second-order valence-corrected chi connectivity index (χ2v) is 6.45. The summed E-state index contributed by atoms with van der Waals surface area (Å²) >= 11 is 0. The van der Waals surface area contributed by atoms with Crippen LogP contribution in [0.5, 0.6) is 0 Å². The second-order valence-electron chi connectivity index (χ2n) is 6.45. The van der Waals surface area contributed by atoms with Crippen LogP contribution in [0, 0.1) is 5.82 Å². The van der Waals surface area contributed by atoms with Gasteiger partial charge in [-0.1, -0.05) is 18.2 Å². The van der Waals surface area contributed by atoms with Crippen LogP contribution in [0.3, 0.4) is 0 Å². The van der Waals surface area contributed by atoms with Gasteiger partial charge in [-0.05, 0) is 18.1 Å². The van der Waals surface area contributed by atoms with E-state index < -0.39 is 5.60 Å². The number of halogens is 1. The lowest BCUT2D eigenvalue weighted by Crippen LogP contribution is -2.49. The minimum absolute atomic E-state index is 0.0420. The van der Waals surface area contributed by atoms with Crippen molar-refractivity contribution in [3.63, 3.8) is 0 Å². The molecule has 1 N–H and O–H groups in total. The lowest BCUT2D eigenvalue weighted by atomic mass is 10.0. The Morgan fingerprint density at radius 2 is 2.00 bits per heavy atom. The van der Waals surface area contributed by atoms with Gasteiger partial charge in [-0.15, -0.1) is 0 Å². The lowest BCUT2D eigenvalue weighted by Gasteiger charge is -2.33. The van der Waals surface area contributed by atoms with Gasteiger partial charge >= 0.3 is 0 Å². The topological polar surface area (TPSA) is 53.0 Å². The first-order chi connectivity index (χ1) is 11.1. The van der Waals surface area contributed by atoms with E-state index in [-0.39, 0.29) is 18.1 Å². The smallest absolute Gasteiger partial charge is 0.227 e. The zero-order valence-electron chi connectivity index (χ0n) is 13.2. The molecule has 2 fully saturated rings. The van der Waals surface area contributed by atoms with Gasteiger partial charge in [-0.3, -0.25) is 9.69 Å². The number of benzene rings is 1. The first kappa shape index (κ1) is 16.4. The van der Waals surface area contributed by atoms with E-state index in [1.807, 2.05) is 0 Å². The molecule has 2 aliphatic rings. The molecular weight excluding hydrogens is 299 g/mol. The van der Waals surface area contributed by atoms with Gasteiger partial charge in [0.15, 0.2) is 0 Å². The Morgan fingerprint density at radius 3 is 2.74 bits per heavy atom. The molecule has 6 heteroatoms. The van der Waals surface area contributed by atoms with Gasteiger partial charge in [0.1, 0.15) is 5.82 Å². The number of aliphatic hydroxyl groups is 1. The molecule has 0 radical (unpaired) electrons. The highest BCUT2D eigenvalue weighted by Crippen LogP contribution is 2.24. The van der Waals surface area contributed by atoms with Crippen LogP contribution in [0.4, 0.5) is 4.39 Å². The Labute approximate surface area is 135 Å². The summed E-state index contributed by atoms with van der Waals surface area (Å²) in [6, 6.07) is 6.33. The van der Waals surface area contributed by atoms with Crippen molar-refractivity contribution in [1.82, 2.24) is 9.80 Å². The molecule has 0 aromatic heterocycles. The second kappa shape index (κ2) is 6.95. The predicted octanol–water partition coefficient (Wildman–Crippen LogP) is 0.664. The van der Waals surface area contributed by atoms with Gasteiger partial charge in [-0.2, -0.15) is 0 Å². The van der Waals surface area contributed by atoms with Crippen LogP contribution >= 0.6 is 0 Å². The van der Waals surface area contributed by atoms with E-state index in [9.17, 15) is 14.3 Å². The SMILES string of the molecule is O=C(Cc1ccccc1F)N1CCC(O)(CN2CCOCC2)C1. The highest BCUT2D eigenvalue weighted by atomic mass is 19.1. The minimum atomic E-state index is -0.873. The number of carbonyl (C=O) groups excluding carboxylic acids is 1. The van der Waals surface area contributed by atoms with E-state index in [1.54, 1.807) is 23.1 Å². The summed E-state index contributed by atoms with van der Waals surface area (Å²) in [4.78, 5) is 16.2. The van der Waals surface area contributed by atoms with Crippen molar-refractivity contribution in [3.05, 3.63) is 35.6 Å². The van der Waals surface area contributed by atoms with Gasteiger partial charge in [0.25, 0.3) is 0 Å². The van der Waals surface area contributed by atoms with Gasteiger partial charge < -0.3 is 14.7 Å². The molecule has 1 amide bonds. The molecule has 0 spiro atoms. The van der Waals surface area contributed by atoms with E-state index in [0.29, 0.717) is 44.8 Å². The maximum atomic E-state index is 13.7. The molecule has 3 rings (SSSR count). The Hall–Kier alpha value is -1.50. The molecule has 5 nitrogen and oxygen atoms in total. The summed E-state index contributed by atoms with van der Waals surface area (Å²) in [5.74, 6) is -0.489. The third-order valence-electron chi connectivity index (χ3n) is 4.61. The summed E-state index contributed by atoms with van der Waals surface area (Å²) < 4.78 is 19.0. The summed E-state index contributed by atoms with van der Waals surface area (Å²) in [5, 5.41) is 10.7. The average molecular weight is 322 g/mol. The molecule has 0 bridgehead atoms. The van der Waals surface area contributed by atoms with Gasteiger partial charge in [0.05, 0.1) is 31.8 Å². The van der Waals surface area contributed by atoms with Gasteiger partial charge in [-0.25, -0.2) is 4.39 Å². The fourth-order valence-corrected chi connectivity index (χ4v) is 3.29. The number of β-amino-alcohol motifs (C(OH)–C–C–N with tert-alkyl or cyclic N) is 1. The van der Waals surface area contributed by atoms with Crippen molar-refractivity contribution >= 4 is 5.91 Å². The summed E-state index contributed by atoms with van der Waals surface area (Å²) in [6.45, 7) is 4.39. The number of rotatable bonds is 4. The van der Waals surface area contributed by atoms with Crippen LogP contribution in [0.25, 0.3) is 0 Å². The number of carbonyl (C=O) groups is 1. The zero-order valence-corrected chi connectivity index (χ0v) is 13.2. The van der Waals surface area contributed by atoms with E-state index in [0.717, 1.165) is 13.1 Å². The summed E-state index contributed by atoms with van der Waals surface area (Å²) in [7, 11) is 0. The van der Waals surface area contributed by atoms with Crippen molar-refractivity contribution in [2.45, 2.75) is 18.4 Å².